The van der Waals surface area contributed by atoms with Gasteiger partial charge in [-0.1, -0.05) is 36.9 Å². The predicted molar refractivity (Wildman–Crippen MR) is 111 cm³/mol. The van der Waals surface area contributed by atoms with Gasteiger partial charge in [-0.15, -0.1) is 20.4 Å². The van der Waals surface area contributed by atoms with Gasteiger partial charge in [0.2, 0.25) is 11.0 Å². The molecule has 148 valence electrons. The minimum Gasteiger partial charge on any atom is -0.497 e. The summed E-state index contributed by atoms with van der Waals surface area (Å²) in [5.41, 5.74) is 0.929. The molecule has 3 aromatic rings. The maximum atomic E-state index is 12.2. The van der Waals surface area contributed by atoms with Crippen molar-refractivity contribution >= 4 is 34.1 Å². The van der Waals surface area contributed by atoms with Crippen LogP contribution in [0.1, 0.15) is 18.9 Å². The zero-order chi connectivity index (χ0) is 20.1. The second-order valence-corrected chi connectivity index (χ2v) is 8.53. The van der Waals surface area contributed by atoms with Crippen molar-refractivity contribution in [3.63, 3.8) is 0 Å². The zero-order valence-corrected chi connectivity index (χ0v) is 17.8. The highest BCUT2D eigenvalue weighted by atomic mass is 32.2. The molecule has 0 saturated heterocycles. The number of thioether (sulfide) groups is 1. The van der Waals surface area contributed by atoms with Crippen molar-refractivity contribution in [1.82, 2.24) is 25.0 Å². The predicted octanol–water partition coefficient (Wildman–Crippen LogP) is 3.27. The molecule has 2 aromatic heterocycles. The first kappa shape index (κ1) is 20.3. The van der Waals surface area contributed by atoms with E-state index in [2.05, 4.69) is 39.6 Å². The number of ether oxygens (including phenoxy) is 1. The number of nitrogens with one attached hydrogen (secondary N) is 1. The van der Waals surface area contributed by atoms with E-state index < -0.39 is 0 Å². The van der Waals surface area contributed by atoms with Gasteiger partial charge < -0.3 is 9.30 Å². The Hall–Kier alpha value is -2.46. The number of rotatable bonds is 8. The smallest absolute Gasteiger partial charge is 0.236 e. The molecule has 0 radical (unpaired) electrons. The van der Waals surface area contributed by atoms with E-state index in [1.165, 1.54) is 23.1 Å². The third-order valence-electron chi connectivity index (χ3n) is 3.81. The fraction of sp³-hybridized carbons (Fsp3) is 0.389. The Morgan fingerprint density at radius 2 is 1.96 bits per heavy atom. The summed E-state index contributed by atoms with van der Waals surface area (Å²) in [5.74, 6) is 2.08. The number of anilines is 1. The summed E-state index contributed by atoms with van der Waals surface area (Å²) in [6.45, 7) is 4.24. The van der Waals surface area contributed by atoms with Crippen LogP contribution in [0.4, 0.5) is 5.13 Å². The highest BCUT2D eigenvalue weighted by Gasteiger charge is 2.14. The second-order valence-electron chi connectivity index (χ2n) is 6.53. The minimum atomic E-state index is -0.147. The number of hydrogen-bond acceptors (Lipinski definition) is 8. The number of nitrogens with zero attached hydrogens (tertiary/aromatic N) is 5. The van der Waals surface area contributed by atoms with Crippen LogP contribution >= 0.6 is 23.1 Å². The molecule has 0 aliphatic carbocycles. The van der Waals surface area contributed by atoms with Crippen LogP contribution in [0.2, 0.25) is 0 Å². The molecule has 0 aliphatic heterocycles. The first-order valence-electron chi connectivity index (χ1n) is 8.75. The summed E-state index contributed by atoms with van der Waals surface area (Å²) in [4.78, 5) is 12.2. The number of aromatic nitrogens is 5. The molecule has 0 saturated carbocycles. The van der Waals surface area contributed by atoms with Gasteiger partial charge in [0.1, 0.15) is 10.8 Å². The van der Waals surface area contributed by atoms with E-state index >= 15 is 0 Å². The summed E-state index contributed by atoms with van der Waals surface area (Å²) >= 11 is 2.74. The van der Waals surface area contributed by atoms with Crippen LogP contribution < -0.4 is 10.1 Å². The summed E-state index contributed by atoms with van der Waals surface area (Å²) in [6, 6.07) is 7.60. The Morgan fingerprint density at radius 1 is 1.21 bits per heavy atom. The lowest BCUT2D eigenvalue weighted by molar-refractivity contribution is -0.113. The van der Waals surface area contributed by atoms with Crippen LogP contribution in [-0.4, -0.2) is 43.7 Å². The third-order valence-corrected chi connectivity index (χ3v) is 5.69. The van der Waals surface area contributed by atoms with Crippen molar-refractivity contribution in [3.8, 4) is 17.1 Å². The van der Waals surface area contributed by atoms with Crippen LogP contribution in [-0.2, 0) is 18.3 Å². The van der Waals surface area contributed by atoms with Gasteiger partial charge in [0.25, 0.3) is 0 Å². The Kier molecular flexibility index (Phi) is 6.63. The molecule has 0 fully saturated rings. The highest BCUT2D eigenvalue weighted by molar-refractivity contribution is 7.99. The van der Waals surface area contributed by atoms with Crippen LogP contribution in [0.15, 0.2) is 29.4 Å². The molecule has 10 heteroatoms. The molecule has 0 spiro atoms. The van der Waals surface area contributed by atoms with Crippen LogP contribution in [0.3, 0.4) is 0 Å². The third kappa shape index (κ3) is 5.08. The Bertz CT molecular complexity index is 936. The molecule has 0 atom stereocenters. The normalized spacial score (nSPS) is 11.0. The lowest BCUT2D eigenvalue weighted by Crippen LogP contribution is -2.14. The number of carbonyl (C=O) groups excluding carboxylic acids is 1. The van der Waals surface area contributed by atoms with Crippen molar-refractivity contribution in [2.45, 2.75) is 25.4 Å². The molecule has 1 aromatic carbocycles. The molecule has 0 aliphatic rings. The second kappa shape index (κ2) is 9.16. The lowest BCUT2D eigenvalue weighted by Gasteiger charge is -2.05. The van der Waals surface area contributed by atoms with Gasteiger partial charge in [-0.25, -0.2) is 0 Å². The maximum Gasteiger partial charge on any atom is 0.236 e. The summed E-state index contributed by atoms with van der Waals surface area (Å²) in [6.07, 6.45) is 0.857. The van der Waals surface area contributed by atoms with Crippen molar-refractivity contribution in [2.75, 3.05) is 18.2 Å². The van der Waals surface area contributed by atoms with Gasteiger partial charge in [-0.05, 0) is 30.2 Å². The Morgan fingerprint density at radius 3 is 2.64 bits per heavy atom. The van der Waals surface area contributed by atoms with E-state index in [1.807, 2.05) is 35.9 Å². The van der Waals surface area contributed by atoms with Crippen LogP contribution in [0.25, 0.3) is 11.4 Å². The van der Waals surface area contributed by atoms with Crippen molar-refractivity contribution in [2.24, 2.45) is 13.0 Å². The quantitative estimate of drug-likeness (QED) is 0.561. The summed E-state index contributed by atoms with van der Waals surface area (Å²) in [5, 5.41) is 21.5. The average molecular weight is 419 g/mol. The molecule has 1 N–H and O–H groups in total. The number of amides is 1. The molecule has 8 nitrogen and oxygen atoms in total. The SMILES string of the molecule is COc1ccc(-c2nnc(SCC(=O)Nc3nnc(CC(C)C)s3)n2C)cc1. The molecule has 0 bridgehead atoms. The molecule has 28 heavy (non-hydrogen) atoms. The largest absolute Gasteiger partial charge is 0.497 e. The first-order chi connectivity index (χ1) is 13.5. The number of methoxy groups -OCH3 is 1. The van der Waals surface area contributed by atoms with Gasteiger partial charge in [-0.2, -0.15) is 0 Å². The Balaban J connectivity index is 1.57. The van der Waals surface area contributed by atoms with Gasteiger partial charge >= 0.3 is 0 Å². The van der Waals surface area contributed by atoms with E-state index in [9.17, 15) is 4.79 Å². The van der Waals surface area contributed by atoms with E-state index in [4.69, 9.17) is 4.74 Å². The van der Waals surface area contributed by atoms with Gasteiger partial charge in [0.15, 0.2) is 11.0 Å². The number of carbonyl (C=O) groups is 1. The number of hydrogen-bond donors (Lipinski definition) is 1. The molecular weight excluding hydrogens is 396 g/mol. The van der Waals surface area contributed by atoms with Gasteiger partial charge in [0.05, 0.1) is 12.9 Å². The Labute approximate surface area is 171 Å². The van der Waals surface area contributed by atoms with E-state index in [1.54, 1.807) is 7.11 Å². The van der Waals surface area contributed by atoms with Crippen LogP contribution in [0.5, 0.6) is 5.75 Å². The van der Waals surface area contributed by atoms with Crippen molar-refractivity contribution in [1.29, 1.82) is 0 Å². The van der Waals surface area contributed by atoms with Crippen molar-refractivity contribution < 1.29 is 9.53 Å². The molecule has 0 unspecified atom stereocenters. The standard InChI is InChI=1S/C18H22N6O2S2/c1-11(2)9-15-20-22-17(28-15)19-14(25)10-27-18-23-21-16(24(18)3)12-5-7-13(26-4)8-6-12/h5-8,11H,9-10H2,1-4H3,(H,19,22,25). The fourth-order valence-electron chi connectivity index (χ4n) is 2.45. The van der Waals surface area contributed by atoms with E-state index in [-0.39, 0.29) is 11.7 Å². The summed E-state index contributed by atoms with van der Waals surface area (Å²) in [7, 11) is 3.51. The molecule has 1 amide bonds. The maximum absolute atomic E-state index is 12.2. The molecule has 3 rings (SSSR count). The first-order valence-corrected chi connectivity index (χ1v) is 10.5. The fourth-order valence-corrected chi connectivity index (χ4v) is 4.13. The molecular formula is C18H22N6O2S2. The lowest BCUT2D eigenvalue weighted by atomic mass is 10.1. The highest BCUT2D eigenvalue weighted by Crippen LogP contribution is 2.25. The van der Waals surface area contributed by atoms with Crippen LogP contribution in [0, 0.1) is 5.92 Å². The zero-order valence-electron chi connectivity index (χ0n) is 16.2. The minimum absolute atomic E-state index is 0.147. The monoisotopic (exact) mass is 418 g/mol. The van der Waals surface area contributed by atoms with E-state index in [0.717, 1.165) is 28.6 Å². The topological polar surface area (TPSA) is 94.8 Å². The summed E-state index contributed by atoms with van der Waals surface area (Å²) < 4.78 is 7.04. The average Bonchev–Trinajstić information content (AvgIpc) is 3.26. The number of benzene rings is 1. The van der Waals surface area contributed by atoms with Gasteiger partial charge in [0, 0.05) is 19.0 Å². The van der Waals surface area contributed by atoms with Gasteiger partial charge in [-0.3, -0.25) is 10.1 Å². The van der Waals surface area contributed by atoms with Crippen molar-refractivity contribution in [3.05, 3.63) is 29.3 Å². The van der Waals surface area contributed by atoms with E-state index in [0.29, 0.717) is 16.2 Å². The molecule has 2 heterocycles.